The van der Waals surface area contributed by atoms with Crippen LogP contribution in [0.25, 0.3) is 0 Å². The van der Waals surface area contributed by atoms with Gasteiger partial charge in [-0.05, 0) is 42.9 Å². The van der Waals surface area contributed by atoms with E-state index in [0.29, 0.717) is 5.92 Å². The van der Waals surface area contributed by atoms with E-state index in [4.69, 9.17) is 22.5 Å². The standard InChI is InChI=1S/C14H20Cl2NP/c1-11(2)12-6-7-14(18(15)16)13(10-12)17-8-4-3-5-9-17/h6-7,10-11H,3-5,8-9H2,1-2H3. The molecule has 4 heteroatoms. The van der Waals surface area contributed by atoms with Gasteiger partial charge in [0, 0.05) is 24.1 Å². The first kappa shape index (κ1) is 14.4. The minimum atomic E-state index is -1.07. The number of hydrogen-bond donors (Lipinski definition) is 0. The van der Waals surface area contributed by atoms with Crippen molar-refractivity contribution in [2.75, 3.05) is 18.0 Å². The second-order valence-corrected chi connectivity index (χ2v) is 8.68. The number of rotatable bonds is 3. The van der Waals surface area contributed by atoms with Crippen LogP contribution in [0.3, 0.4) is 0 Å². The molecule has 0 amide bonds. The molecule has 0 spiro atoms. The number of hydrogen-bond acceptors (Lipinski definition) is 1. The Kier molecular flexibility index (Phi) is 5.18. The first-order chi connectivity index (χ1) is 8.59. The van der Waals surface area contributed by atoms with Gasteiger partial charge in [0.05, 0.1) is 0 Å². The van der Waals surface area contributed by atoms with Gasteiger partial charge in [0.2, 0.25) is 0 Å². The quantitative estimate of drug-likeness (QED) is 0.692. The lowest BCUT2D eigenvalue weighted by atomic mass is 10.0. The Bertz CT molecular complexity index is 401. The topological polar surface area (TPSA) is 3.24 Å². The van der Waals surface area contributed by atoms with E-state index in [9.17, 15) is 0 Å². The van der Waals surface area contributed by atoms with Crippen molar-refractivity contribution in [3.63, 3.8) is 0 Å². The van der Waals surface area contributed by atoms with Gasteiger partial charge in [0.15, 0.2) is 0 Å². The molecule has 0 aromatic heterocycles. The number of piperidine rings is 1. The second kappa shape index (κ2) is 6.46. The molecule has 100 valence electrons. The lowest BCUT2D eigenvalue weighted by Gasteiger charge is -2.31. The summed E-state index contributed by atoms with van der Waals surface area (Å²) in [5, 5.41) is 1.11. The molecule has 1 aliphatic heterocycles. The van der Waals surface area contributed by atoms with Gasteiger partial charge in [0.1, 0.15) is 6.63 Å². The maximum Gasteiger partial charge on any atom is 0.119 e. The summed E-state index contributed by atoms with van der Waals surface area (Å²) in [5.41, 5.74) is 2.63. The van der Waals surface area contributed by atoms with E-state index in [2.05, 4.69) is 36.9 Å². The third-order valence-corrected chi connectivity index (χ3v) is 5.38. The Morgan fingerprint density at radius 2 is 1.78 bits per heavy atom. The Labute approximate surface area is 121 Å². The number of anilines is 1. The molecule has 2 rings (SSSR count). The Morgan fingerprint density at radius 1 is 1.11 bits per heavy atom. The molecule has 1 saturated heterocycles. The number of nitrogens with zero attached hydrogens (tertiary/aromatic N) is 1. The SMILES string of the molecule is CC(C)c1ccc(P(Cl)Cl)c(N2CCCCC2)c1. The predicted molar refractivity (Wildman–Crippen MR) is 84.9 cm³/mol. The van der Waals surface area contributed by atoms with Crippen LogP contribution in [0, 0.1) is 0 Å². The molecular formula is C14H20Cl2NP. The van der Waals surface area contributed by atoms with Crippen LogP contribution in [0.5, 0.6) is 0 Å². The lowest BCUT2D eigenvalue weighted by molar-refractivity contribution is 0.578. The Morgan fingerprint density at radius 3 is 2.33 bits per heavy atom. The highest BCUT2D eigenvalue weighted by Crippen LogP contribution is 2.48. The van der Waals surface area contributed by atoms with Gasteiger partial charge < -0.3 is 4.90 Å². The summed E-state index contributed by atoms with van der Waals surface area (Å²) >= 11 is 12.3. The van der Waals surface area contributed by atoms with Gasteiger partial charge in [-0.1, -0.05) is 42.4 Å². The smallest absolute Gasteiger partial charge is 0.119 e. The van der Waals surface area contributed by atoms with Gasteiger partial charge in [-0.3, -0.25) is 0 Å². The van der Waals surface area contributed by atoms with Gasteiger partial charge in [-0.2, -0.15) is 0 Å². The maximum absolute atomic E-state index is 6.16. The minimum absolute atomic E-state index is 0.541. The molecule has 0 bridgehead atoms. The molecule has 18 heavy (non-hydrogen) atoms. The van der Waals surface area contributed by atoms with E-state index in [1.807, 2.05) is 0 Å². The highest BCUT2D eigenvalue weighted by atomic mass is 35.9. The number of halogens is 2. The molecule has 1 aromatic carbocycles. The fraction of sp³-hybridized carbons (Fsp3) is 0.571. The van der Waals surface area contributed by atoms with Crippen molar-refractivity contribution in [1.82, 2.24) is 0 Å². The fourth-order valence-corrected chi connectivity index (χ4v) is 3.85. The molecule has 0 N–H and O–H groups in total. The zero-order valence-electron chi connectivity index (χ0n) is 11.0. The van der Waals surface area contributed by atoms with E-state index in [1.54, 1.807) is 0 Å². The van der Waals surface area contributed by atoms with Crippen LogP contribution in [0.4, 0.5) is 5.69 Å². The van der Waals surface area contributed by atoms with Gasteiger partial charge >= 0.3 is 0 Å². The molecule has 1 heterocycles. The third-order valence-electron chi connectivity index (χ3n) is 3.54. The van der Waals surface area contributed by atoms with Gasteiger partial charge in [-0.15, -0.1) is 0 Å². The lowest BCUT2D eigenvalue weighted by Crippen LogP contribution is -2.32. The monoisotopic (exact) mass is 303 g/mol. The summed E-state index contributed by atoms with van der Waals surface area (Å²) in [7, 11) is 0. The molecule has 0 saturated carbocycles. The van der Waals surface area contributed by atoms with Crippen LogP contribution >= 0.6 is 29.1 Å². The molecule has 0 radical (unpaired) electrons. The van der Waals surface area contributed by atoms with Crippen LogP contribution in [-0.2, 0) is 0 Å². The number of benzene rings is 1. The molecule has 0 atom stereocenters. The van der Waals surface area contributed by atoms with E-state index >= 15 is 0 Å². The predicted octanol–water partition coefficient (Wildman–Crippen LogP) is 5.22. The first-order valence-corrected chi connectivity index (χ1v) is 9.75. The molecule has 0 unspecified atom stereocenters. The van der Waals surface area contributed by atoms with Crippen LogP contribution in [0.1, 0.15) is 44.6 Å². The normalized spacial score (nSPS) is 16.7. The summed E-state index contributed by atoms with van der Waals surface area (Å²) < 4.78 is 0. The van der Waals surface area contributed by atoms with Crippen molar-refractivity contribution < 1.29 is 0 Å². The zero-order valence-corrected chi connectivity index (χ0v) is 13.4. The van der Waals surface area contributed by atoms with E-state index in [1.165, 1.54) is 30.5 Å². The maximum atomic E-state index is 6.16. The van der Waals surface area contributed by atoms with Crippen molar-refractivity contribution in [3.8, 4) is 0 Å². The summed E-state index contributed by atoms with van der Waals surface area (Å²) in [6.07, 6.45) is 3.88. The summed E-state index contributed by atoms with van der Waals surface area (Å²) in [5.74, 6) is 0.541. The van der Waals surface area contributed by atoms with Crippen molar-refractivity contribution in [3.05, 3.63) is 23.8 Å². The molecule has 1 nitrogen and oxygen atoms in total. The first-order valence-electron chi connectivity index (χ1n) is 6.60. The molecule has 1 fully saturated rings. The van der Waals surface area contributed by atoms with Crippen LogP contribution in [0.2, 0.25) is 0 Å². The Hall–Kier alpha value is 0.0300. The summed E-state index contributed by atoms with van der Waals surface area (Å²) in [4.78, 5) is 2.45. The van der Waals surface area contributed by atoms with Crippen molar-refractivity contribution >= 4 is 40.1 Å². The third kappa shape index (κ3) is 3.32. The van der Waals surface area contributed by atoms with Crippen molar-refractivity contribution in [2.45, 2.75) is 39.0 Å². The molecule has 1 aliphatic rings. The zero-order chi connectivity index (χ0) is 13.1. The van der Waals surface area contributed by atoms with Crippen LogP contribution < -0.4 is 10.2 Å². The van der Waals surface area contributed by atoms with Crippen LogP contribution in [-0.4, -0.2) is 13.1 Å². The second-order valence-electron chi connectivity index (χ2n) is 5.18. The van der Waals surface area contributed by atoms with Gasteiger partial charge in [0.25, 0.3) is 0 Å². The van der Waals surface area contributed by atoms with Crippen molar-refractivity contribution in [2.24, 2.45) is 0 Å². The van der Waals surface area contributed by atoms with E-state index < -0.39 is 6.63 Å². The largest absolute Gasteiger partial charge is 0.371 e. The van der Waals surface area contributed by atoms with Gasteiger partial charge in [-0.25, -0.2) is 0 Å². The minimum Gasteiger partial charge on any atom is -0.371 e. The van der Waals surface area contributed by atoms with Crippen molar-refractivity contribution in [1.29, 1.82) is 0 Å². The van der Waals surface area contributed by atoms with Crippen LogP contribution in [0.15, 0.2) is 18.2 Å². The summed E-state index contributed by atoms with van der Waals surface area (Å²) in [6, 6.07) is 6.56. The molecule has 0 aliphatic carbocycles. The molecule has 1 aromatic rings. The highest BCUT2D eigenvalue weighted by Gasteiger charge is 2.19. The molecular weight excluding hydrogens is 284 g/mol. The summed E-state index contributed by atoms with van der Waals surface area (Å²) in [6.45, 7) is 5.63. The fourth-order valence-electron chi connectivity index (χ4n) is 2.43. The van der Waals surface area contributed by atoms with E-state index in [-0.39, 0.29) is 0 Å². The average Bonchev–Trinajstić information content (AvgIpc) is 2.39. The Balaban J connectivity index is 2.36. The highest BCUT2D eigenvalue weighted by molar-refractivity contribution is 8.09. The average molecular weight is 304 g/mol. The van der Waals surface area contributed by atoms with E-state index in [0.717, 1.165) is 18.4 Å².